The molecule has 2 aromatic carbocycles. The van der Waals surface area contributed by atoms with Gasteiger partial charge in [0.25, 0.3) is 0 Å². The molecule has 7 nitrogen and oxygen atoms in total. The zero-order valence-corrected chi connectivity index (χ0v) is 17.5. The van der Waals surface area contributed by atoms with Crippen LogP contribution in [0.15, 0.2) is 60.9 Å². The Morgan fingerprint density at radius 3 is 2.58 bits per heavy atom. The second-order valence-corrected chi connectivity index (χ2v) is 7.42. The van der Waals surface area contributed by atoms with Gasteiger partial charge in [-0.05, 0) is 37.3 Å². The van der Waals surface area contributed by atoms with Crippen molar-refractivity contribution < 1.29 is 4.39 Å². The third-order valence-corrected chi connectivity index (χ3v) is 5.35. The highest BCUT2D eigenvalue weighted by atomic mass is 35.5. The molecule has 154 valence electrons. The van der Waals surface area contributed by atoms with Crippen LogP contribution in [-0.2, 0) is 7.05 Å². The molecule has 0 radical (unpaired) electrons. The van der Waals surface area contributed by atoms with Gasteiger partial charge in [0.05, 0.1) is 16.9 Å². The highest BCUT2D eigenvalue weighted by Gasteiger charge is 2.17. The van der Waals surface area contributed by atoms with Crippen molar-refractivity contribution in [1.82, 2.24) is 29.5 Å². The SMILES string of the molecule is Cc1nn(-c2cc(Nc3nn(C)c(-c4ccc(F)cc4)c3Cl)ncn2)c2ccccc12. The molecule has 3 heterocycles. The number of fused-ring (bicyclic) bond motifs is 1. The molecule has 0 aliphatic carbocycles. The first kappa shape index (κ1) is 19.2. The van der Waals surface area contributed by atoms with E-state index >= 15 is 0 Å². The van der Waals surface area contributed by atoms with Gasteiger partial charge < -0.3 is 5.32 Å². The van der Waals surface area contributed by atoms with E-state index in [0.717, 1.165) is 22.2 Å². The average Bonchev–Trinajstić information content (AvgIpc) is 3.25. The van der Waals surface area contributed by atoms with Crippen molar-refractivity contribution in [2.24, 2.45) is 7.05 Å². The number of nitrogens with zero attached hydrogens (tertiary/aromatic N) is 6. The van der Waals surface area contributed by atoms with Crippen LogP contribution in [0.4, 0.5) is 16.0 Å². The third-order valence-electron chi connectivity index (χ3n) is 5.00. The van der Waals surface area contributed by atoms with Crippen molar-refractivity contribution >= 4 is 34.1 Å². The summed E-state index contributed by atoms with van der Waals surface area (Å²) < 4.78 is 16.7. The van der Waals surface area contributed by atoms with Gasteiger partial charge in [-0.1, -0.05) is 29.8 Å². The first-order valence-electron chi connectivity index (χ1n) is 9.53. The summed E-state index contributed by atoms with van der Waals surface area (Å²) in [7, 11) is 1.78. The van der Waals surface area contributed by atoms with Gasteiger partial charge in [0, 0.05) is 24.1 Å². The van der Waals surface area contributed by atoms with Crippen LogP contribution >= 0.6 is 11.6 Å². The summed E-state index contributed by atoms with van der Waals surface area (Å²) in [5, 5.41) is 13.7. The van der Waals surface area contributed by atoms with E-state index in [4.69, 9.17) is 11.6 Å². The van der Waals surface area contributed by atoms with Crippen molar-refractivity contribution in [3.63, 3.8) is 0 Å². The summed E-state index contributed by atoms with van der Waals surface area (Å²) in [6, 6.07) is 15.8. The number of rotatable bonds is 4. The highest BCUT2D eigenvalue weighted by molar-refractivity contribution is 6.35. The molecular weight excluding hydrogens is 417 g/mol. The molecule has 0 saturated heterocycles. The Kier molecular flexibility index (Phi) is 4.63. The molecule has 9 heteroatoms. The summed E-state index contributed by atoms with van der Waals surface area (Å²) in [6.07, 6.45) is 1.46. The first-order chi connectivity index (χ1) is 15.0. The van der Waals surface area contributed by atoms with Crippen LogP contribution in [0.25, 0.3) is 28.0 Å². The van der Waals surface area contributed by atoms with Crippen LogP contribution in [0.2, 0.25) is 5.02 Å². The summed E-state index contributed by atoms with van der Waals surface area (Å²) in [5.41, 5.74) is 3.31. The Hall–Kier alpha value is -3.78. The van der Waals surface area contributed by atoms with Crippen LogP contribution in [0.3, 0.4) is 0 Å². The quantitative estimate of drug-likeness (QED) is 0.429. The number of aromatic nitrogens is 6. The molecule has 0 bridgehead atoms. The number of hydrogen-bond donors (Lipinski definition) is 1. The molecule has 5 aromatic rings. The topological polar surface area (TPSA) is 73.5 Å². The number of nitrogens with one attached hydrogen (secondary N) is 1. The predicted molar refractivity (Wildman–Crippen MR) is 118 cm³/mol. The molecule has 31 heavy (non-hydrogen) atoms. The smallest absolute Gasteiger partial charge is 0.173 e. The number of benzene rings is 2. The van der Waals surface area contributed by atoms with Crippen molar-refractivity contribution in [1.29, 1.82) is 0 Å². The minimum Gasteiger partial charge on any atom is -0.322 e. The minimum absolute atomic E-state index is 0.310. The molecule has 5 rings (SSSR count). The van der Waals surface area contributed by atoms with Crippen LogP contribution < -0.4 is 5.32 Å². The van der Waals surface area contributed by atoms with Gasteiger partial charge in [-0.15, -0.1) is 0 Å². The molecule has 0 aliphatic rings. The van der Waals surface area contributed by atoms with Crippen LogP contribution in [0.5, 0.6) is 0 Å². The molecule has 3 aromatic heterocycles. The van der Waals surface area contributed by atoms with Gasteiger partial charge in [-0.2, -0.15) is 10.2 Å². The summed E-state index contributed by atoms with van der Waals surface area (Å²) >= 11 is 6.59. The second kappa shape index (κ2) is 7.48. The Morgan fingerprint density at radius 1 is 1.00 bits per heavy atom. The zero-order chi connectivity index (χ0) is 21.5. The van der Waals surface area contributed by atoms with Gasteiger partial charge in [-0.3, -0.25) is 4.68 Å². The maximum absolute atomic E-state index is 13.3. The van der Waals surface area contributed by atoms with E-state index in [2.05, 4.69) is 25.5 Å². The maximum atomic E-state index is 13.3. The Balaban J connectivity index is 1.51. The molecule has 0 spiro atoms. The summed E-state index contributed by atoms with van der Waals surface area (Å²) in [4.78, 5) is 8.66. The zero-order valence-electron chi connectivity index (χ0n) is 16.7. The van der Waals surface area contributed by atoms with E-state index in [9.17, 15) is 4.39 Å². The van der Waals surface area contributed by atoms with Gasteiger partial charge in [-0.25, -0.2) is 19.0 Å². The largest absolute Gasteiger partial charge is 0.322 e. The fourth-order valence-electron chi connectivity index (χ4n) is 3.55. The molecule has 0 amide bonds. The van der Waals surface area contributed by atoms with Crippen LogP contribution in [0.1, 0.15) is 5.69 Å². The van der Waals surface area contributed by atoms with Crippen molar-refractivity contribution in [3.05, 3.63) is 77.5 Å². The van der Waals surface area contributed by atoms with Crippen molar-refractivity contribution in [2.45, 2.75) is 6.92 Å². The van der Waals surface area contributed by atoms with E-state index in [1.165, 1.54) is 18.5 Å². The third kappa shape index (κ3) is 3.40. The molecular formula is C22H17ClFN7. The molecule has 0 aliphatic heterocycles. The molecule has 0 unspecified atom stereocenters. The van der Waals surface area contributed by atoms with Gasteiger partial charge in [0.2, 0.25) is 0 Å². The summed E-state index contributed by atoms with van der Waals surface area (Å²) in [6.45, 7) is 1.96. The van der Waals surface area contributed by atoms with Gasteiger partial charge in [0.1, 0.15) is 23.0 Å². The Bertz CT molecular complexity index is 1410. The average molecular weight is 434 g/mol. The standard InChI is InChI=1S/C22H17ClFN7/c1-13-16-5-3-4-6-17(16)31(28-13)19-11-18(25-12-26-19)27-22-20(23)21(30(2)29-22)14-7-9-15(24)10-8-14/h3-12H,1-2H3,(H,25,26,27,29). The normalized spacial score (nSPS) is 11.2. The lowest BCUT2D eigenvalue weighted by atomic mass is 10.1. The van der Waals surface area contributed by atoms with E-state index in [0.29, 0.717) is 28.2 Å². The lowest BCUT2D eigenvalue weighted by Crippen LogP contribution is -2.03. The number of anilines is 2. The first-order valence-corrected chi connectivity index (χ1v) is 9.91. The number of para-hydroxylation sites is 1. The Morgan fingerprint density at radius 2 is 1.77 bits per heavy atom. The second-order valence-electron chi connectivity index (χ2n) is 7.04. The number of halogens is 2. The lowest BCUT2D eigenvalue weighted by molar-refractivity contribution is 0.628. The molecule has 1 N–H and O–H groups in total. The van der Waals surface area contributed by atoms with E-state index in [1.807, 2.05) is 31.2 Å². The minimum atomic E-state index is -0.310. The van der Waals surface area contributed by atoms with Crippen LogP contribution in [0, 0.1) is 12.7 Å². The monoisotopic (exact) mass is 433 g/mol. The van der Waals surface area contributed by atoms with Gasteiger partial charge in [0.15, 0.2) is 11.6 Å². The predicted octanol–water partition coefficient (Wildman–Crippen LogP) is 5.06. The molecule has 0 atom stereocenters. The number of hydrogen-bond acceptors (Lipinski definition) is 5. The van der Waals surface area contributed by atoms with E-state index in [-0.39, 0.29) is 5.82 Å². The summed E-state index contributed by atoms with van der Waals surface area (Å²) in [5.74, 6) is 1.27. The molecule has 0 saturated carbocycles. The number of aryl methyl sites for hydroxylation is 2. The Labute approximate surface area is 182 Å². The highest BCUT2D eigenvalue weighted by Crippen LogP contribution is 2.34. The van der Waals surface area contributed by atoms with E-state index < -0.39 is 0 Å². The van der Waals surface area contributed by atoms with Gasteiger partial charge >= 0.3 is 0 Å². The van der Waals surface area contributed by atoms with Crippen molar-refractivity contribution in [3.8, 4) is 17.1 Å². The fraction of sp³-hybridized carbons (Fsp3) is 0.0909. The maximum Gasteiger partial charge on any atom is 0.173 e. The van der Waals surface area contributed by atoms with Crippen LogP contribution in [-0.4, -0.2) is 29.5 Å². The van der Waals surface area contributed by atoms with Crippen molar-refractivity contribution in [2.75, 3.05) is 5.32 Å². The van der Waals surface area contributed by atoms with E-state index in [1.54, 1.807) is 34.6 Å². The fourth-order valence-corrected chi connectivity index (χ4v) is 3.86. The molecule has 0 fully saturated rings. The lowest BCUT2D eigenvalue weighted by Gasteiger charge is -2.06.